The van der Waals surface area contributed by atoms with E-state index in [1.54, 1.807) is 11.8 Å². The van der Waals surface area contributed by atoms with Gasteiger partial charge < -0.3 is 20.3 Å². The molecule has 0 bridgehead atoms. The van der Waals surface area contributed by atoms with Gasteiger partial charge in [-0.15, -0.1) is 0 Å². The first kappa shape index (κ1) is 19.8. The van der Waals surface area contributed by atoms with Crippen LogP contribution in [0.3, 0.4) is 0 Å². The van der Waals surface area contributed by atoms with Crippen LogP contribution in [0.2, 0.25) is 0 Å². The molecule has 1 fully saturated rings. The smallest absolute Gasteiger partial charge is 0.409 e. The highest BCUT2D eigenvalue weighted by Gasteiger charge is 2.24. The van der Waals surface area contributed by atoms with E-state index in [2.05, 4.69) is 10.6 Å². The maximum atomic E-state index is 12.0. The largest absolute Gasteiger partial charge is 0.450 e. The van der Waals surface area contributed by atoms with Crippen LogP contribution in [-0.4, -0.2) is 48.5 Å². The van der Waals surface area contributed by atoms with Gasteiger partial charge in [-0.3, -0.25) is 9.59 Å². The number of benzene rings is 1. The van der Waals surface area contributed by atoms with Crippen LogP contribution in [0.1, 0.15) is 37.3 Å². The highest BCUT2D eigenvalue weighted by molar-refractivity contribution is 5.96. The number of likely N-dealkylation sites (tertiary alicyclic amines) is 1. The van der Waals surface area contributed by atoms with Crippen LogP contribution in [-0.2, 0) is 20.9 Å². The summed E-state index contributed by atoms with van der Waals surface area (Å²) in [5.41, 5.74) is 2.14. The number of hydrogen-bond donors (Lipinski definition) is 2. The number of ether oxygens (including phenoxy) is 1. The zero-order valence-corrected chi connectivity index (χ0v) is 15.4. The second-order valence-electron chi connectivity index (χ2n) is 6.41. The Morgan fingerprint density at radius 1 is 1.15 bits per heavy atom. The van der Waals surface area contributed by atoms with Gasteiger partial charge in [-0.25, -0.2) is 4.79 Å². The van der Waals surface area contributed by atoms with Crippen molar-refractivity contribution >= 4 is 17.9 Å². The van der Waals surface area contributed by atoms with E-state index in [-0.39, 0.29) is 30.4 Å². The van der Waals surface area contributed by atoms with Gasteiger partial charge in [-0.05, 0) is 37.8 Å². The van der Waals surface area contributed by atoms with Gasteiger partial charge in [0.1, 0.15) is 6.42 Å². The summed E-state index contributed by atoms with van der Waals surface area (Å²) >= 11 is 0. The molecule has 0 atom stereocenters. The summed E-state index contributed by atoms with van der Waals surface area (Å²) in [4.78, 5) is 37.3. The lowest BCUT2D eigenvalue weighted by Crippen LogP contribution is -2.47. The Morgan fingerprint density at radius 2 is 1.85 bits per heavy atom. The minimum atomic E-state index is -0.312. The zero-order valence-electron chi connectivity index (χ0n) is 15.4. The summed E-state index contributed by atoms with van der Waals surface area (Å²) < 4.78 is 4.97. The van der Waals surface area contributed by atoms with Gasteiger partial charge in [0.2, 0.25) is 11.8 Å². The molecule has 142 valence electrons. The number of piperidine rings is 1. The summed E-state index contributed by atoms with van der Waals surface area (Å²) in [6.45, 7) is 5.61. The molecule has 7 nitrogen and oxygen atoms in total. The Labute approximate surface area is 154 Å². The molecular formula is C19H27N3O4. The van der Waals surface area contributed by atoms with Crippen molar-refractivity contribution in [3.05, 3.63) is 35.4 Å². The fourth-order valence-corrected chi connectivity index (χ4v) is 2.91. The molecule has 1 heterocycles. The highest BCUT2D eigenvalue weighted by atomic mass is 16.6. The standard InChI is InChI=1S/C19H27N3O4/c1-3-26-19(25)22-10-8-16(9-11-22)21-18(24)12-17(23)20-13-15-7-5-4-6-14(15)2/h4-7,16H,3,8-13H2,1-2H3,(H,20,23)(H,21,24). The molecule has 0 radical (unpaired) electrons. The summed E-state index contributed by atoms with van der Waals surface area (Å²) in [7, 11) is 0. The SMILES string of the molecule is CCOC(=O)N1CCC(NC(=O)CC(=O)NCc2ccccc2C)CC1. The van der Waals surface area contributed by atoms with Crippen molar-refractivity contribution in [3.8, 4) is 0 Å². The molecule has 7 heteroatoms. The van der Waals surface area contributed by atoms with E-state index in [0.29, 0.717) is 39.1 Å². The first-order valence-corrected chi connectivity index (χ1v) is 9.02. The molecule has 1 aromatic rings. The number of amides is 3. The van der Waals surface area contributed by atoms with Gasteiger partial charge in [-0.1, -0.05) is 24.3 Å². The molecule has 1 aliphatic rings. The van der Waals surface area contributed by atoms with Crippen molar-refractivity contribution in [1.82, 2.24) is 15.5 Å². The lowest BCUT2D eigenvalue weighted by Gasteiger charge is -2.31. The van der Waals surface area contributed by atoms with E-state index in [1.807, 2.05) is 31.2 Å². The van der Waals surface area contributed by atoms with Crippen LogP contribution < -0.4 is 10.6 Å². The van der Waals surface area contributed by atoms with Gasteiger partial charge >= 0.3 is 6.09 Å². The third-order valence-corrected chi connectivity index (χ3v) is 4.44. The summed E-state index contributed by atoms with van der Waals surface area (Å²) in [6.07, 6.45) is 0.822. The molecule has 0 unspecified atom stereocenters. The predicted molar refractivity (Wildman–Crippen MR) is 97.4 cm³/mol. The van der Waals surface area contributed by atoms with Crippen LogP contribution in [0.4, 0.5) is 4.79 Å². The number of aryl methyl sites for hydroxylation is 1. The van der Waals surface area contributed by atoms with Gasteiger partial charge in [-0.2, -0.15) is 0 Å². The third-order valence-electron chi connectivity index (χ3n) is 4.44. The summed E-state index contributed by atoms with van der Waals surface area (Å²) in [5, 5.41) is 5.65. The Balaban J connectivity index is 1.68. The minimum Gasteiger partial charge on any atom is -0.450 e. The van der Waals surface area contributed by atoms with E-state index in [1.165, 1.54) is 0 Å². The molecule has 0 aliphatic carbocycles. The van der Waals surface area contributed by atoms with E-state index < -0.39 is 0 Å². The maximum Gasteiger partial charge on any atom is 0.409 e. The molecule has 1 aliphatic heterocycles. The number of nitrogens with zero attached hydrogens (tertiary/aromatic N) is 1. The molecule has 26 heavy (non-hydrogen) atoms. The molecule has 2 rings (SSSR count). The van der Waals surface area contributed by atoms with Crippen LogP contribution in [0.25, 0.3) is 0 Å². The zero-order chi connectivity index (χ0) is 18.9. The Morgan fingerprint density at radius 3 is 2.50 bits per heavy atom. The Kier molecular flexibility index (Phi) is 7.44. The average molecular weight is 361 g/mol. The topological polar surface area (TPSA) is 87.7 Å². The predicted octanol–water partition coefficient (Wildman–Crippen LogP) is 1.74. The maximum absolute atomic E-state index is 12.0. The molecular weight excluding hydrogens is 334 g/mol. The lowest BCUT2D eigenvalue weighted by atomic mass is 10.1. The fraction of sp³-hybridized carbons (Fsp3) is 0.526. The van der Waals surface area contributed by atoms with E-state index in [9.17, 15) is 14.4 Å². The van der Waals surface area contributed by atoms with Gasteiger partial charge in [0.05, 0.1) is 6.61 Å². The number of nitrogens with one attached hydrogen (secondary N) is 2. The van der Waals surface area contributed by atoms with Crippen molar-refractivity contribution in [2.75, 3.05) is 19.7 Å². The second kappa shape index (κ2) is 9.79. The van der Waals surface area contributed by atoms with Gasteiger partial charge in [0.25, 0.3) is 0 Å². The Bertz CT molecular complexity index is 639. The molecule has 3 amide bonds. The number of rotatable bonds is 6. The first-order valence-electron chi connectivity index (χ1n) is 9.02. The number of carbonyl (C=O) groups excluding carboxylic acids is 3. The summed E-state index contributed by atoms with van der Waals surface area (Å²) in [6, 6.07) is 7.78. The van der Waals surface area contributed by atoms with Crippen molar-refractivity contribution in [2.45, 2.75) is 45.7 Å². The van der Waals surface area contributed by atoms with Crippen LogP contribution >= 0.6 is 0 Å². The van der Waals surface area contributed by atoms with Crippen molar-refractivity contribution in [3.63, 3.8) is 0 Å². The van der Waals surface area contributed by atoms with Crippen molar-refractivity contribution < 1.29 is 19.1 Å². The normalized spacial score (nSPS) is 14.6. The fourth-order valence-electron chi connectivity index (χ4n) is 2.91. The van der Waals surface area contributed by atoms with E-state index in [0.717, 1.165) is 11.1 Å². The minimum absolute atomic E-state index is 0.0163. The number of carbonyl (C=O) groups is 3. The van der Waals surface area contributed by atoms with Crippen LogP contribution in [0.15, 0.2) is 24.3 Å². The quantitative estimate of drug-likeness (QED) is 0.756. The monoisotopic (exact) mass is 361 g/mol. The summed E-state index contributed by atoms with van der Waals surface area (Å²) in [5.74, 6) is -0.586. The molecule has 1 aromatic carbocycles. The van der Waals surface area contributed by atoms with Gasteiger partial charge in [0.15, 0.2) is 0 Å². The first-order chi connectivity index (χ1) is 12.5. The molecule has 0 spiro atoms. The van der Waals surface area contributed by atoms with E-state index in [4.69, 9.17) is 4.74 Å². The molecule has 0 aromatic heterocycles. The third kappa shape index (κ3) is 6.06. The molecule has 1 saturated heterocycles. The molecule has 2 N–H and O–H groups in total. The van der Waals surface area contributed by atoms with Crippen molar-refractivity contribution in [2.24, 2.45) is 0 Å². The Hall–Kier alpha value is -2.57. The van der Waals surface area contributed by atoms with Crippen LogP contribution in [0, 0.1) is 6.92 Å². The van der Waals surface area contributed by atoms with Gasteiger partial charge in [0, 0.05) is 25.7 Å². The lowest BCUT2D eigenvalue weighted by molar-refractivity contribution is -0.129. The second-order valence-corrected chi connectivity index (χ2v) is 6.41. The average Bonchev–Trinajstić information content (AvgIpc) is 2.61. The number of hydrogen-bond acceptors (Lipinski definition) is 4. The van der Waals surface area contributed by atoms with Crippen molar-refractivity contribution in [1.29, 1.82) is 0 Å². The van der Waals surface area contributed by atoms with E-state index >= 15 is 0 Å². The molecule has 0 saturated carbocycles. The van der Waals surface area contributed by atoms with Crippen LogP contribution in [0.5, 0.6) is 0 Å². The highest BCUT2D eigenvalue weighted by Crippen LogP contribution is 2.12.